The van der Waals surface area contributed by atoms with Crippen LogP contribution in [-0.4, -0.2) is 13.1 Å². The quantitative estimate of drug-likeness (QED) is 0.625. The summed E-state index contributed by atoms with van der Waals surface area (Å²) >= 11 is 0. The van der Waals surface area contributed by atoms with Gasteiger partial charge >= 0.3 is 0 Å². The van der Waals surface area contributed by atoms with Crippen LogP contribution in [0, 0.1) is 5.92 Å². The van der Waals surface area contributed by atoms with Gasteiger partial charge < -0.3 is 5.32 Å². The summed E-state index contributed by atoms with van der Waals surface area (Å²) in [5, 5.41) is 3.36. The molecule has 0 heterocycles. The van der Waals surface area contributed by atoms with Crippen molar-refractivity contribution in [1.29, 1.82) is 0 Å². The molecule has 0 radical (unpaired) electrons. The first kappa shape index (κ1) is 11.0. The molecule has 0 amide bonds. The second-order valence-corrected chi connectivity index (χ2v) is 3.42. The summed E-state index contributed by atoms with van der Waals surface area (Å²) in [6.45, 7) is 6.86. The summed E-state index contributed by atoms with van der Waals surface area (Å²) in [5.41, 5.74) is 0. The van der Waals surface area contributed by atoms with Crippen molar-refractivity contribution in [3.8, 4) is 0 Å². The van der Waals surface area contributed by atoms with E-state index in [0.717, 1.165) is 12.0 Å². The molecule has 68 valence electrons. The van der Waals surface area contributed by atoms with Crippen molar-refractivity contribution in [3.05, 3.63) is 0 Å². The van der Waals surface area contributed by atoms with Crippen LogP contribution in [0.2, 0.25) is 0 Å². The molecule has 1 N–H and O–H groups in total. The molecular weight excluding hydrogens is 134 g/mol. The Morgan fingerprint density at radius 1 is 1.27 bits per heavy atom. The van der Waals surface area contributed by atoms with Crippen LogP contribution >= 0.6 is 0 Å². The monoisotopic (exact) mass is 157 g/mol. The molecule has 0 aliphatic carbocycles. The van der Waals surface area contributed by atoms with Crippen molar-refractivity contribution >= 4 is 0 Å². The van der Waals surface area contributed by atoms with E-state index in [-0.39, 0.29) is 0 Å². The molecule has 0 aliphatic heterocycles. The summed E-state index contributed by atoms with van der Waals surface area (Å²) in [6, 6.07) is 0.724. The van der Waals surface area contributed by atoms with Gasteiger partial charge in [-0.3, -0.25) is 0 Å². The molecule has 0 saturated heterocycles. The van der Waals surface area contributed by atoms with E-state index in [9.17, 15) is 0 Å². The fourth-order valence-corrected chi connectivity index (χ4v) is 1.62. The van der Waals surface area contributed by atoms with Crippen molar-refractivity contribution in [2.75, 3.05) is 7.05 Å². The minimum atomic E-state index is 0.724. The lowest BCUT2D eigenvalue weighted by molar-refractivity contribution is 0.359. The highest BCUT2D eigenvalue weighted by Crippen LogP contribution is 2.13. The molecule has 1 nitrogen and oxygen atoms in total. The molecule has 0 spiro atoms. The van der Waals surface area contributed by atoms with Crippen LogP contribution in [0.15, 0.2) is 0 Å². The third-order valence-corrected chi connectivity index (χ3v) is 2.51. The van der Waals surface area contributed by atoms with Crippen LogP contribution in [0.1, 0.15) is 46.5 Å². The van der Waals surface area contributed by atoms with E-state index in [0.29, 0.717) is 0 Å². The fraction of sp³-hybridized carbons (Fsp3) is 1.00. The molecule has 0 aromatic heterocycles. The zero-order valence-electron chi connectivity index (χ0n) is 8.48. The topological polar surface area (TPSA) is 12.0 Å². The second-order valence-electron chi connectivity index (χ2n) is 3.42. The first-order valence-electron chi connectivity index (χ1n) is 4.93. The summed E-state index contributed by atoms with van der Waals surface area (Å²) in [5.74, 6) is 0.838. The van der Waals surface area contributed by atoms with Crippen LogP contribution in [0.3, 0.4) is 0 Å². The van der Waals surface area contributed by atoms with Gasteiger partial charge in [0.1, 0.15) is 0 Å². The normalized spacial score (nSPS) is 16.4. The average molecular weight is 157 g/mol. The van der Waals surface area contributed by atoms with Gasteiger partial charge in [-0.15, -0.1) is 0 Å². The minimum Gasteiger partial charge on any atom is -0.317 e. The highest BCUT2D eigenvalue weighted by molar-refractivity contribution is 4.69. The highest BCUT2D eigenvalue weighted by atomic mass is 14.9. The van der Waals surface area contributed by atoms with Crippen molar-refractivity contribution in [2.24, 2.45) is 5.92 Å². The van der Waals surface area contributed by atoms with Crippen LogP contribution in [0.4, 0.5) is 0 Å². The first-order valence-corrected chi connectivity index (χ1v) is 4.93. The Labute approximate surface area is 71.6 Å². The lowest BCUT2D eigenvalue weighted by atomic mass is 9.94. The Morgan fingerprint density at radius 3 is 2.27 bits per heavy atom. The fourth-order valence-electron chi connectivity index (χ4n) is 1.62. The number of nitrogens with one attached hydrogen (secondary N) is 1. The minimum absolute atomic E-state index is 0.724. The molecule has 0 rings (SSSR count). The van der Waals surface area contributed by atoms with Crippen molar-refractivity contribution in [2.45, 2.75) is 52.5 Å². The molecule has 0 aromatic rings. The number of unbranched alkanes of at least 4 members (excludes halogenated alkanes) is 1. The molecule has 0 bridgehead atoms. The van der Waals surface area contributed by atoms with Gasteiger partial charge in [0.05, 0.1) is 0 Å². The maximum Gasteiger partial charge on any atom is 0.00870 e. The van der Waals surface area contributed by atoms with E-state index in [1.807, 2.05) is 0 Å². The van der Waals surface area contributed by atoms with Gasteiger partial charge in [-0.25, -0.2) is 0 Å². The van der Waals surface area contributed by atoms with Gasteiger partial charge in [0.25, 0.3) is 0 Å². The number of rotatable bonds is 6. The molecule has 0 aromatic carbocycles. The van der Waals surface area contributed by atoms with Crippen LogP contribution in [0.25, 0.3) is 0 Å². The predicted molar refractivity (Wildman–Crippen MR) is 51.8 cm³/mol. The smallest absolute Gasteiger partial charge is 0.00870 e. The molecular formula is C10H23N. The maximum absolute atomic E-state index is 3.36. The average Bonchev–Trinajstić information content (AvgIpc) is 2.03. The van der Waals surface area contributed by atoms with Crippen LogP contribution in [0.5, 0.6) is 0 Å². The van der Waals surface area contributed by atoms with Gasteiger partial charge in [0.2, 0.25) is 0 Å². The van der Waals surface area contributed by atoms with E-state index in [1.54, 1.807) is 0 Å². The summed E-state index contributed by atoms with van der Waals surface area (Å²) in [7, 11) is 2.07. The number of hydrogen-bond acceptors (Lipinski definition) is 1. The zero-order chi connectivity index (χ0) is 8.69. The van der Waals surface area contributed by atoms with E-state index >= 15 is 0 Å². The Kier molecular flexibility index (Phi) is 6.63. The van der Waals surface area contributed by atoms with Gasteiger partial charge in [-0.05, 0) is 25.8 Å². The first-order chi connectivity index (χ1) is 5.26. The summed E-state index contributed by atoms with van der Waals surface area (Å²) in [6.07, 6.45) is 5.32. The SMILES string of the molecule is CCCCC(C)C(CC)NC. The lowest BCUT2D eigenvalue weighted by Crippen LogP contribution is -2.31. The van der Waals surface area contributed by atoms with Gasteiger partial charge in [0, 0.05) is 6.04 Å². The van der Waals surface area contributed by atoms with Crippen molar-refractivity contribution in [1.82, 2.24) is 5.32 Å². The van der Waals surface area contributed by atoms with Crippen molar-refractivity contribution in [3.63, 3.8) is 0 Å². The molecule has 2 unspecified atom stereocenters. The van der Waals surface area contributed by atoms with E-state index in [4.69, 9.17) is 0 Å². The zero-order valence-corrected chi connectivity index (χ0v) is 8.48. The van der Waals surface area contributed by atoms with Gasteiger partial charge in [-0.2, -0.15) is 0 Å². The Bertz CT molecular complexity index is 76.9. The maximum atomic E-state index is 3.36. The second kappa shape index (κ2) is 6.66. The van der Waals surface area contributed by atoms with E-state index in [1.165, 1.54) is 25.7 Å². The van der Waals surface area contributed by atoms with E-state index < -0.39 is 0 Å². The molecule has 0 saturated carbocycles. The summed E-state index contributed by atoms with van der Waals surface area (Å²) in [4.78, 5) is 0. The van der Waals surface area contributed by atoms with Gasteiger partial charge in [-0.1, -0.05) is 33.6 Å². The summed E-state index contributed by atoms with van der Waals surface area (Å²) < 4.78 is 0. The third kappa shape index (κ3) is 4.41. The van der Waals surface area contributed by atoms with Gasteiger partial charge in [0.15, 0.2) is 0 Å². The standard InChI is InChI=1S/C10H23N/c1-5-7-8-9(3)10(6-2)11-4/h9-11H,5-8H2,1-4H3. The Hall–Kier alpha value is -0.0400. The largest absolute Gasteiger partial charge is 0.317 e. The van der Waals surface area contributed by atoms with E-state index in [2.05, 4.69) is 33.1 Å². The Balaban J connectivity index is 3.51. The van der Waals surface area contributed by atoms with Crippen LogP contribution in [-0.2, 0) is 0 Å². The molecule has 0 aliphatic rings. The van der Waals surface area contributed by atoms with Crippen molar-refractivity contribution < 1.29 is 0 Å². The highest BCUT2D eigenvalue weighted by Gasteiger charge is 2.11. The predicted octanol–water partition coefficient (Wildman–Crippen LogP) is 2.81. The molecule has 0 fully saturated rings. The third-order valence-electron chi connectivity index (χ3n) is 2.51. The number of hydrogen-bond donors (Lipinski definition) is 1. The Morgan fingerprint density at radius 2 is 1.91 bits per heavy atom. The molecule has 11 heavy (non-hydrogen) atoms. The molecule has 2 atom stereocenters. The van der Waals surface area contributed by atoms with Crippen LogP contribution < -0.4 is 5.32 Å². The molecule has 1 heteroatoms. The lowest BCUT2D eigenvalue weighted by Gasteiger charge is -2.21.